The molecule has 2 fully saturated rings. The maximum Gasteiger partial charge on any atom is 0.241 e. The van der Waals surface area contributed by atoms with Crippen LogP contribution in [0.25, 0.3) is 0 Å². The lowest BCUT2D eigenvalue weighted by atomic mass is 10.1. The number of thiophene rings is 1. The first-order valence-corrected chi connectivity index (χ1v) is 10.3. The molecule has 0 aromatic carbocycles. The molecule has 1 aromatic rings. The Kier molecular flexibility index (Phi) is 4.69. The summed E-state index contributed by atoms with van der Waals surface area (Å²) < 4.78 is 28.4. The zero-order valence-electron chi connectivity index (χ0n) is 12.5. The first-order valence-electron chi connectivity index (χ1n) is 7.91. The van der Waals surface area contributed by atoms with Crippen molar-refractivity contribution in [2.24, 2.45) is 11.8 Å². The van der Waals surface area contributed by atoms with Crippen molar-refractivity contribution in [1.82, 2.24) is 10.0 Å². The van der Waals surface area contributed by atoms with Gasteiger partial charge in [-0.05, 0) is 61.9 Å². The summed E-state index contributed by atoms with van der Waals surface area (Å²) in [7, 11) is -3.37. The van der Waals surface area contributed by atoms with E-state index in [0.29, 0.717) is 23.3 Å². The van der Waals surface area contributed by atoms with Crippen LogP contribution in [0.3, 0.4) is 0 Å². The van der Waals surface area contributed by atoms with Gasteiger partial charge in [0.1, 0.15) is 0 Å². The molecule has 2 aliphatic rings. The molecule has 2 saturated carbocycles. The van der Waals surface area contributed by atoms with Crippen LogP contribution in [0.5, 0.6) is 0 Å². The Labute approximate surface area is 131 Å². The second-order valence-corrected chi connectivity index (χ2v) is 8.89. The third-order valence-electron chi connectivity index (χ3n) is 4.26. The molecule has 4 nitrogen and oxygen atoms in total. The van der Waals surface area contributed by atoms with E-state index in [0.717, 1.165) is 17.8 Å². The molecule has 2 aliphatic carbocycles. The number of sulfonamides is 1. The standard InChI is InChI=1S/C15H24N2O2S2/c1-2-8-16-10-13-14(7-9-20-13)21(18,19)17-15(11-3-4-11)12-5-6-12/h7,9,11-12,15-17H,2-6,8,10H2,1H3. The van der Waals surface area contributed by atoms with Gasteiger partial charge in [-0.15, -0.1) is 11.3 Å². The highest BCUT2D eigenvalue weighted by atomic mass is 32.2. The van der Waals surface area contributed by atoms with E-state index in [2.05, 4.69) is 17.0 Å². The smallest absolute Gasteiger partial charge is 0.241 e. The first-order chi connectivity index (χ1) is 10.1. The lowest BCUT2D eigenvalue weighted by Gasteiger charge is -2.18. The highest BCUT2D eigenvalue weighted by Crippen LogP contribution is 2.45. The molecule has 0 spiro atoms. The molecule has 0 atom stereocenters. The Morgan fingerprint density at radius 2 is 1.95 bits per heavy atom. The maximum atomic E-state index is 12.7. The minimum atomic E-state index is -3.37. The molecule has 1 heterocycles. The quantitative estimate of drug-likeness (QED) is 0.685. The van der Waals surface area contributed by atoms with E-state index in [1.165, 1.54) is 37.0 Å². The SMILES string of the molecule is CCCNCc1sccc1S(=O)(=O)NC(C1CC1)C1CC1. The summed E-state index contributed by atoms with van der Waals surface area (Å²) >= 11 is 1.52. The molecule has 0 amide bonds. The number of rotatable bonds is 9. The summed E-state index contributed by atoms with van der Waals surface area (Å²) in [5.41, 5.74) is 0. The number of hydrogen-bond donors (Lipinski definition) is 2. The predicted octanol–water partition coefficient (Wildman–Crippen LogP) is 2.71. The molecule has 0 aliphatic heterocycles. The van der Waals surface area contributed by atoms with Gasteiger partial charge < -0.3 is 5.32 Å². The second kappa shape index (κ2) is 6.36. The van der Waals surface area contributed by atoms with Gasteiger partial charge in [-0.1, -0.05) is 6.92 Å². The molecule has 1 aromatic heterocycles. The van der Waals surface area contributed by atoms with Crippen molar-refractivity contribution in [3.63, 3.8) is 0 Å². The van der Waals surface area contributed by atoms with Gasteiger partial charge in [-0.25, -0.2) is 13.1 Å². The van der Waals surface area contributed by atoms with Crippen molar-refractivity contribution in [2.75, 3.05) is 6.54 Å². The Hall–Kier alpha value is -0.430. The zero-order chi connectivity index (χ0) is 14.9. The Balaban J connectivity index is 1.70. The average Bonchev–Trinajstić information content (AvgIpc) is 3.35. The molecule has 21 heavy (non-hydrogen) atoms. The molecule has 2 N–H and O–H groups in total. The van der Waals surface area contributed by atoms with Crippen LogP contribution in [-0.2, 0) is 16.6 Å². The Morgan fingerprint density at radius 3 is 2.52 bits per heavy atom. The predicted molar refractivity (Wildman–Crippen MR) is 85.9 cm³/mol. The van der Waals surface area contributed by atoms with Gasteiger partial charge in [0.25, 0.3) is 0 Å². The van der Waals surface area contributed by atoms with E-state index >= 15 is 0 Å². The molecule has 0 unspecified atom stereocenters. The van der Waals surface area contributed by atoms with Crippen LogP contribution in [0.4, 0.5) is 0 Å². The Morgan fingerprint density at radius 1 is 1.29 bits per heavy atom. The highest BCUT2D eigenvalue weighted by molar-refractivity contribution is 7.89. The van der Waals surface area contributed by atoms with Crippen molar-refractivity contribution in [1.29, 1.82) is 0 Å². The van der Waals surface area contributed by atoms with Crippen LogP contribution >= 0.6 is 11.3 Å². The first kappa shape index (κ1) is 15.5. The van der Waals surface area contributed by atoms with E-state index in [4.69, 9.17) is 0 Å². The molecule has 118 valence electrons. The second-order valence-electron chi connectivity index (χ2n) is 6.21. The molecular weight excluding hydrogens is 304 g/mol. The van der Waals surface area contributed by atoms with E-state index in [-0.39, 0.29) is 6.04 Å². The van der Waals surface area contributed by atoms with E-state index in [1.54, 1.807) is 6.07 Å². The van der Waals surface area contributed by atoms with Crippen molar-refractivity contribution in [3.05, 3.63) is 16.3 Å². The van der Waals surface area contributed by atoms with Gasteiger partial charge in [0.15, 0.2) is 0 Å². The molecule has 0 saturated heterocycles. The summed E-state index contributed by atoms with van der Waals surface area (Å²) in [6.45, 7) is 3.66. The molecule has 0 radical (unpaired) electrons. The van der Waals surface area contributed by atoms with E-state index in [1.807, 2.05) is 5.38 Å². The fraction of sp³-hybridized carbons (Fsp3) is 0.733. The normalized spacial score (nSPS) is 19.3. The maximum absolute atomic E-state index is 12.7. The molecule has 6 heteroatoms. The van der Waals surface area contributed by atoms with Crippen LogP contribution in [0.2, 0.25) is 0 Å². The lowest BCUT2D eigenvalue weighted by molar-refractivity contribution is 0.471. The summed E-state index contributed by atoms with van der Waals surface area (Å²) in [5, 5.41) is 5.17. The zero-order valence-corrected chi connectivity index (χ0v) is 14.1. The fourth-order valence-electron chi connectivity index (χ4n) is 2.81. The monoisotopic (exact) mass is 328 g/mol. The third kappa shape index (κ3) is 3.86. The van der Waals surface area contributed by atoms with E-state index < -0.39 is 10.0 Å². The van der Waals surface area contributed by atoms with Gasteiger partial charge in [0, 0.05) is 17.5 Å². The van der Waals surface area contributed by atoms with Gasteiger partial charge in [-0.2, -0.15) is 0 Å². The van der Waals surface area contributed by atoms with Crippen LogP contribution < -0.4 is 10.0 Å². The Bertz CT molecular complexity index is 562. The van der Waals surface area contributed by atoms with Crippen molar-refractivity contribution in [2.45, 2.75) is 56.5 Å². The summed E-state index contributed by atoms with van der Waals surface area (Å²) in [6, 6.07) is 1.92. The highest BCUT2D eigenvalue weighted by Gasteiger charge is 2.43. The number of nitrogens with one attached hydrogen (secondary N) is 2. The van der Waals surface area contributed by atoms with Gasteiger partial charge in [-0.3, -0.25) is 0 Å². The van der Waals surface area contributed by atoms with Crippen molar-refractivity contribution in [3.8, 4) is 0 Å². The summed E-state index contributed by atoms with van der Waals surface area (Å²) in [5.74, 6) is 1.15. The van der Waals surface area contributed by atoms with Crippen LogP contribution in [0.1, 0.15) is 43.9 Å². The molecule has 3 rings (SSSR count). The van der Waals surface area contributed by atoms with Crippen LogP contribution in [0, 0.1) is 11.8 Å². The minimum Gasteiger partial charge on any atom is -0.312 e. The average molecular weight is 329 g/mol. The summed E-state index contributed by atoms with van der Waals surface area (Å²) in [6.07, 6.45) is 5.77. The third-order valence-corrected chi connectivity index (χ3v) is 6.85. The van der Waals surface area contributed by atoms with Gasteiger partial charge in [0.05, 0.1) is 4.90 Å². The largest absolute Gasteiger partial charge is 0.312 e. The van der Waals surface area contributed by atoms with Crippen LogP contribution in [0.15, 0.2) is 16.3 Å². The van der Waals surface area contributed by atoms with E-state index in [9.17, 15) is 8.42 Å². The van der Waals surface area contributed by atoms with Gasteiger partial charge >= 0.3 is 0 Å². The lowest BCUT2D eigenvalue weighted by Crippen LogP contribution is -2.38. The van der Waals surface area contributed by atoms with Crippen molar-refractivity contribution >= 4 is 21.4 Å². The number of hydrogen-bond acceptors (Lipinski definition) is 4. The summed E-state index contributed by atoms with van der Waals surface area (Å²) in [4.78, 5) is 1.39. The topological polar surface area (TPSA) is 58.2 Å². The van der Waals surface area contributed by atoms with Crippen LogP contribution in [-0.4, -0.2) is 21.0 Å². The molecular formula is C15H24N2O2S2. The fourth-order valence-corrected chi connectivity index (χ4v) is 5.59. The minimum absolute atomic E-state index is 0.173. The van der Waals surface area contributed by atoms with Crippen molar-refractivity contribution < 1.29 is 8.42 Å². The van der Waals surface area contributed by atoms with Gasteiger partial charge in [0.2, 0.25) is 10.0 Å². The molecule has 0 bridgehead atoms.